The van der Waals surface area contributed by atoms with Gasteiger partial charge in [-0.2, -0.15) is 4.98 Å². The number of aliphatic hydroxyl groups excluding tert-OH is 1. The first-order chi connectivity index (χ1) is 21.8. The van der Waals surface area contributed by atoms with E-state index in [0.717, 1.165) is 12.8 Å². The van der Waals surface area contributed by atoms with Gasteiger partial charge < -0.3 is 29.9 Å². The fourth-order valence-corrected chi connectivity index (χ4v) is 5.49. The number of rotatable bonds is 28. The summed E-state index contributed by atoms with van der Waals surface area (Å²) in [4.78, 5) is 44.1. The monoisotopic (exact) mass is 659 g/mol. The summed E-state index contributed by atoms with van der Waals surface area (Å²) in [6, 6.07) is 0. The fourth-order valence-electron chi connectivity index (χ4n) is 4.77. The molecule has 0 saturated heterocycles. The van der Waals surface area contributed by atoms with E-state index in [2.05, 4.69) is 21.9 Å². The number of H-pyrrole nitrogens is 1. The smallest absolute Gasteiger partial charge is 0.435 e. The molecule has 2 atom stereocenters. The normalized spacial score (nSPS) is 13.7. The van der Waals surface area contributed by atoms with Crippen LogP contribution in [-0.2, 0) is 30.0 Å². The number of nitrogens with one attached hydrogen (secondary N) is 1. The van der Waals surface area contributed by atoms with Crippen LogP contribution in [0.25, 0.3) is 11.2 Å². The number of anilines is 1. The average molecular weight is 660 g/mol. The van der Waals surface area contributed by atoms with Gasteiger partial charge in [-0.25, -0.2) is 14.3 Å². The minimum atomic E-state index is -4.78. The minimum Gasteiger partial charge on any atom is -0.454 e. The first-order valence-corrected chi connectivity index (χ1v) is 18.0. The second-order valence-corrected chi connectivity index (χ2v) is 12.9. The number of ether oxygens (including phenoxy) is 3. The van der Waals surface area contributed by atoms with Crippen LogP contribution in [0.4, 0.5) is 10.7 Å². The van der Waals surface area contributed by atoms with E-state index >= 15 is 0 Å². The SMILES string of the molecule is CCCCCCCCCCCCCCCCCCOCCOC(=O)P(=O)(O)OC[C@H](CO)OCn1cnc2c(=O)[nH]c(N)nc21. The molecule has 15 heteroatoms. The Morgan fingerprint density at radius 3 is 2.11 bits per heavy atom. The largest absolute Gasteiger partial charge is 0.454 e. The van der Waals surface area contributed by atoms with Gasteiger partial charge in [-0.3, -0.25) is 18.9 Å². The molecular formula is C30H54N5O9P. The number of hydrogen-bond donors (Lipinski definition) is 4. The van der Waals surface area contributed by atoms with E-state index in [1.807, 2.05) is 0 Å². The van der Waals surface area contributed by atoms with Gasteiger partial charge in [-0.05, 0) is 6.42 Å². The molecule has 2 rings (SSSR count). The van der Waals surface area contributed by atoms with Gasteiger partial charge >= 0.3 is 13.3 Å². The molecule has 2 aromatic heterocycles. The Bertz CT molecular complexity index is 1190. The van der Waals surface area contributed by atoms with Crippen molar-refractivity contribution in [3.63, 3.8) is 0 Å². The molecule has 0 amide bonds. The van der Waals surface area contributed by atoms with Crippen molar-refractivity contribution in [1.82, 2.24) is 19.5 Å². The van der Waals surface area contributed by atoms with E-state index in [4.69, 9.17) is 24.5 Å². The van der Waals surface area contributed by atoms with Gasteiger partial charge in [0, 0.05) is 6.61 Å². The summed E-state index contributed by atoms with van der Waals surface area (Å²) in [5.74, 6) is -0.110. The first-order valence-electron chi connectivity index (χ1n) is 16.4. The van der Waals surface area contributed by atoms with Crippen LogP contribution in [0.1, 0.15) is 110 Å². The highest BCUT2D eigenvalue weighted by Gasteiger charge is 2.34. The van der Waals surface area contributed by atoms with E-state index < -0.39 is 38.2 Å². The second-order valence-electron chi connectivity index (χ2n) is 11.3. The number of carbonyl (C=O) groups excluding carboxylic acids is 1. The predicted molar refractivity (Wildman–Crippen MR) is 172 cm³/mol. The number of nitrogens with two attached hydrogens (primary N) is 1. The Morgan fingerprint density at radius 1 is 0.956 bits per heavy atom. The molecule has 0 spiro atoms. The third-order valence-electron chi connectivity index (χ3n) is 7.41. The Labute approximate surface area is 265 Å². The number of aromatic nitrogens is 4. The predicted octanol–water partition coefficient (Wildman–Crippen LogP) is 5.65. The van der Waals surface area contributed by atoms with E-state index in [-0.39, 0.29) is 37.1 Å². The van der Waals surface area contributed by atoms with Crippen LogP contribution >= 0.6 is 7.60 Å². The van der Waals surface area contributed by atoms with Crippen molar-refractivity contribution in [2.45, 2.75) is 122 Å². The third-order valence-corrected chi connectivity index (χ3v) is 8.50. The van der Waals surface area contributed by atoms with Gasteiger partial charge in [0.05, 0.1) is 26.1 Å². The molecular weight excluding hydrogens is 605 g/mol. The molecule has 2 aromatic rings. The highest BCUT2D eigenvalue weighted by atomic mass is 31.2. The summed E-state index contributed by atoms with van der Waals surface area (Å²) in [5.41, 5.74) is 3.82. The maximum atomic E-state index is 12.3. The molecule has 1 unspecified atom stereocenters. The molecule has 0 saturated carbocycles. The Hall–Kier alpha value is -2.35. The minimum absolute atomic E-state index is 0.0428. The van der Waals surface area contributed by atoms with Crippen molar-refractivity contribution in [3.05, 3.63) is 16.7 Å². The number of carbonyl (C=O) groups is 1. The number of nitrogens with zero attached hydrogens (tertiary/aromatic N) is 3. The molecule has 0 aliphatic rings. The van der Waals surface area contributed by atoms with Crippen molar-refractivity contribution in [2.24, 2.45) is 0 Å². The van der Waals surface area contributed by atoms with E-state index in [9.17, 15) is 24.2 Å². The Kier molecular flexibility index (Phi) is 19.9. The van der Waals surface area contributed by atoms with Gasteiger partial charge in [-0.15, -0.1) is 0 Å². The van der Waals surface area contributed by atoms with Crippen molar-refractivity contribution in [1.29, 1.82) is 0 Å². The summed E-state index contributed by atoms with van der Waals surface area (Å²) in [6.45, 7) is 1.33. The van der Waals surface area contributed by atoms with Crippen molar-refractivity contribution < 1.29 is 38.1 Å². The molecule has 0 aliphatic carbocycles. The number of aliphatic hydroxyl groups is 1. The fraction of sp³-hybridized carbons (Fsp3) is 0.800. The maximum absolute atomic E-state index is 12.3. The van der Waals surface area contributed by atoms with Crippen LogP contribution in [0.5, 0.6) is 0 Å². The lowest BCUT2D eigenvalue weighted by molar-refractivity contribution is -0.0452. The summed E-state index contributed by atoms with van der Waals surface area (Å²) < 4.78 is 34.2. The van der Waals surface area contributed by atoms with Gasteiger partial charge in [-0.1, -0.05) is 103 Å². The molecule has 5 N–H and O–H groups in total. The van der Waals surface area contributed by atoms with E-state index in [0.29, 0.717) is 6.61 Å². The number of unbranched alkanes of at least 4 members (excludes halogenated alkanes) is 15. The number of nitrogen functional groups attached to an aromatic ring is 1. The average Bonchev–Trinajstić information content (AvgIpc) is 3.43. The number of aromatic amines is 1. The van der Waals surface area contributed by atoms with Crippen molar-refractivity contribution in [2.75, 3.05) is 38.8 Å². The molecule has 45 heavy (non-hydrogen) atoms. The van der Waals surface area contributed by atoms with Gasteiger partial charge in [0.1, 0.15) is 19.4 Å². The second kappa shape index (κ2) is 23.0. The van der Waals surface area contributed by atoms with Crippen LogP contribution in [0.3, 0.4) is 0 Å². The lowest BCUT2D eigenvalue weighted by atomic mass is 10.0. The van der Waals surface area contributed by atoms with Crippen molar-refractivity contribution in [3.8, 4) is 0 Å². The van der Waals surface area contributed by atoms with Crippen LogP contribution < -0.4 is 11.3 Å². The molecule has 0 bridgehead atoms. The summed E-state index contributed by atoms with van der Waals surface area (Å²) >= 11 is 0. The van der Waals surface area contributed by atoms with Crippen LogP contribution in [0.2, 0.25) is 0 Å². The van der Waals surface area contributed by atoms with Gasteiger partial charge in [0.2, 0.25) is 5.95 Å². The highest BCUT2D eigenvalue weighted by Crippen LogP contribution is 2.44. The molecule has 0 radical (unpaired) electrons. The van der Waals surface area contributed by atoms with Crippen molar-refractivity contribution >= 4 is 30.4 Å². The van der Waals surface area contributed by atoms with Crippen LogP contribution in [0, 0.1) is 0 Å². The molecule has 2 heterocycles. The molecule has 14 nitrogen and oxygen atoms in total. The number of imidazole rings is 1. The van der Waals surface area contributed by atoms with Crippen LogP contribution in [0.15, 0.2) is 11.1 Å². The maximum Gasteiger partial charge on any atom is 0.435 e. The van der Waals surface area contributed by atoms with Gasteiger partial charge in [0.25, 0.3) is 5.56 Å². The lowest BCUT2D eigenvalue weighted by Gasteiger charge is -2.18. The zero-order valence-electron chi connectivity index (χ0n) is 26.8. The van der Waals surface area contributed by atoms with E-state index in [1.54, 1.807) is 0 Å². The Morgan fingerprint density at radius 2 is 1.53 bits per heavy atom. The topological polar surface area (TPSA) is 201 Å². The summed E-state index contributed by atoms with van der Waals surface area (Å²) in [6.07, 6.45) is 20.9. The molecule has 0 aromatic carbocycles. The summed E-state index contributed by atoms with van der Waals surface area (Å²) in [7, 11) is -4.78. The zero-order valence-corrected chi connectivity index (χ0v) is 27.7. The molecule has 258 valence electrons. The number of fused-ring (bicyclic) bond motifs is 1. The quantitative estimate of drug-likeness (QED) is 0.0647. The lowest BCUT2D eigenvalue weighted by Crippen LogP contribution is -2.25. The van der Waals surface area contributed by atoms with Crippen LogP contribution in [-0.4, -0.2) is 74.4 Å². The Balaban J connectivity index is 1.45. The van der Waals surface area contributed by atoms with E-state index in [1.165, 1.54) is 101 Å². The standard InChI is InChI=1S/C30H54N5O9P/c1-2-3-4-5-6-7-8-9-10-11-12-13-14-15-16-17-18-41-19-20-42-30(38)45(39,40)44-22-25(21-36)43-24-35-23-32-26-27(35)33-29(31)34-28(26)37/h23,25,36H,2-22,24H2,1H3,(H,39,40)(H3,31,33,34,37)/t25-/m0/s1. The zero-order chi connectivity index (χ0) is 32.8. The third kappa shape index (κ3) is 16.2. The van der Waals surface area contributed by atoms with Gasteiger partial charge in [0.15, 0.2) is 11.2 Å². The molecule has 0 fully saturated rings. The first kappa shape index (κ1) is 38.8. The highest BCUT2D eigenvalue weighted by molar-refractivity contribution is 7.70. The number of hydrogen-bond acceptors (Lipinski definition) is 11. The molecule has 0 aliphatic heterocycles. The summed E-state index contributed by atoms with van der Waals surface area (Å²) in [5, 5.41) is 9.55.